The molecular formula is C17H18O3. The predicted octanol–water partition coefficient (Wildman–Crippen LogP) is 3.76. The van der Waals surface area contributed by atoms with E-state index in [1.54, 1.807) is 6.92 Å². The van der Waals surface area contributed by atoms with Gasteiger partial charge in [-0.25, -0.2) is 0 Å². The van der Waals surface area contributed by atoms with Gasteiger partial charge < -0.3 is 9.84 Å². The number of aryl methyl sites for hydroxylation is 1. The molecule has 0 saturated heterocycles. The fraction of sp³-hybridized carbons (Fsp3) is 0.235. The van der Waals surface area contributed by atoms with Crippen molar-refractivity contribution in [3.63, 3.8) is 0 Å². The van der Waals surface area contributed by atoms with E-state index < -0.39 is 11.9 Å². The molecule has 2 rings (SSSR count). The molecule has 0 bridgehead atoms. The number of hydrogen-bond acceptors (Lipinski definition) is 2. The topological polar surface area (TPSA) is 46.5 Å². The molecule has 0 aliphatic rings. The second-order valence-corrected chi connectivity index (χ2v) is 4.94. The van der Waals surface area contributed by atoms with E-state index in [0.29, 0.717) is 5.75 Å². The lowest BCUT2D eigenvalue weighted by Gasteiger charge is -2.10. The van der Waals surface area contributed by atoms with Crippen LogP contribution in [0.3, 0.4) is 0 Å². The zero-order valence-corrected chi connectivity index (χ0v) is 11.7. The van der Waals surface area contributed by atoms with Crippen LogP contribution in [0.1, 0.15) is 12.5 Å². The van der Waals surface area contributed by atoms with Crippen LogP contribution in [-0.2, 0) is 4.79 Å². The lowest BCUT2D eigenvalue weighted by molar-refractivity contribution is -0.142. The van der Waals surface area contributed by atoms with Crippen molar-refractivity contribution in [1.82, 2.24) is 0 Å². The summed E-state index contributed by atoms with van der Waals surface area (Å²) >= 11 is 0. The zero-order chi connectivity index (χ0) is 14.5. The first kappa shape index (κ1) is 14.1. The third-order valence-electron chi connectivity index (χ3n) is 3.16. The highest BCUT2D eigenvalue weighted by Gasteiger charge is 2.11. The van der Waals surface area contributed by atoms with Crippen molar-refractivity contribution in [2.24, 2.45) is 5.92 Å². The van der Waals surface area contributed by atoms with Gasteiger partial charge in [0.15, 0.2) is 0 Å². The Kier molecular flexibility index (Phi) is 4.41. The normalized spacial score (nSPS) is 11.9. The standard InChI is InChI=1S/C17H18O3/c1-12-3-5-14(6-4-12)15-7-9-16(10-8-15)20-11-13(2)17(18)19/h3-10,13H,11H2,1-2H3,(H,18,19). The molecule has 2 aromatic rings. The molecule has 0 aliphatic heterocycles. The van der Waals surface area contributed by atoms with Crippen molar-refractivity contribution < 1.29 is 14.6 Å². The van der Waals surface area contributed by atoms with Gasteiger partial charge in [0.2, 0.25) is 0 Å². The summed E-state index contributed by atoms with van der Waals surface area (Å²) in [6, 6.07) is 16.0. The summed E-state index contributed by atoms with van der Waals surface area (Å²) in [4.78, 5) is 10.7. The Morgan fingerprint density at radius 2 is 1.55 bits per heavy atom. The maximum atomic E-state index is 10.7. The molecule has 0 radical (unpaired) electrons. The van der Waals surface area contributed by atoms with Crippen LogP contribution >= 0.6 is 0 Å². The first-order valence-electron chi connectivity index (χ1n) is 6.59. The minimum atomic E-state index is -0.846. The molecule has 3 nitrogen and oxygen atoms in total. The van der Waals surface area contributed by atoms with Gasteiger partial charge >= 0.3 is 5.97 Å². The fourth-order valence-corrected chi connectivity index (χ4v) is 1.78. The highest BCUT2D eigenvalue weighted by Crippen LogP contribution is 2.23. The predicted molar refractivity (Wildman–Crippen MR) is 78.9 cm³/mol. The van der Waals surface area contributed by atoms with Gasteiger partial charge in [-0.15, -0.1) is 0 Å². The average molecular weight is 270 g/mol. The Morgan fingerprint density at radius 1 is 1.05 bits per heavy atom. The van der Waals surface area contributed by atoms with E-state index in [4.69, 9.17) is 9.84 Å². The van der Waals surface area contributed by atoms with E-state index in [2.05, 4.69) is 31.2 Å². The van der Waals surface area contributed by atoms with Gasteiger partial charge in [0.1, 0.15) is 12.4 Å². The average Bonchev–Trinajstić information content (AvgIpc) is 2.46. The summed E-state index contributed by atoms with van der Waals surface area (Å²) < 4.78 is 5.46. The van der Waals surface area contributed by atoms with E-state index in [-0.39, 0.29) is 6.61 Å². The van der Waals surface area contributed by atoms with E-state index >= 15 is 0 Å². The maximum Gasteiger partial charge on any atom is 0.309 e. The molecule has 3 heteroatoms. The molecule has 1 atom stereocenters. The second-order valence-electron chi connectivity index (χ2n) is 4.94. The minimum absolute atomic E-state index is 0.180. The Balaban J connectivity index is 2.03. The second kappa shape index (κ2) is 6.24. The Bertz CT molecular complexity index is 570. The van der Waals surface area contributed by atoms with Crippen molar-refractivity contribution >= 4 is 5.97 Å². The van der Waals surface area contributed by atoms with Crippen molar-refractivity contribution in [2.45, 2.75) is 13.8 Å². The van der Waals surface area contributed by atoms with E-state index in [0.717, 1.165) is 11.1 Å². The largest absolute Gasteiger partial charge is 0.493 e. The van der Waals surface area contributed by atoms with Crippen LogP contribution in [0.15, 0.2) is 48.5 Å². The molecule has 0 fully saturated rings. The van der Waals surface area contributed by atoms with Crippen molar-refractivity contribution in [2.75, 3.05) is 6.61 Å². The highest BCUT2D eigenvalue weighted by atomic mass is 16.5. The van der Waals surface area contributed by atoms with Gasteiger partial charge in [-0.3, -0.25) is 4.79 Å². The molecule has 0 spiro atoms. The molecule has 1 unspecified atom stereocenters. The first-order valence-corrected chi connectivity index (χ1v) is 6.59. The molecular weight excluding hydrogens is 252 g/mol. The van der Waals surface area contributed by atoms with Crippen LogP contribution in [0.25, 0.3) is 11.1 Å². The van der Waals surface area contributed by atoms with Crippen LogP contribution in [-0.4, -0.2) is 17.7 Å². The summed E-state index contributed by atoms with van der Waals surface area (Å²) in [6.45, 7) is 3.87. The van der Waals surface area contributed by atoms with Gasteiger partial charge in [-0.2, -0.15) is 0 Å². The SMILES string of the molecule is Cc1ccc(-c2ccc(OCC(C)C(=O)O)cc2)cc1. The number of benzene rings is 2. The number of carbonyl (C=O) groups is 1. The Labute approximate surface area is 118 Å². The van der Waals surface area contributed by atoms with E-state index in [9.17, 15) is 4.79 Å². The molecule has 0 aliphatic carbocycles. The number of carboxylic acid groups (broad SMARTS) is 1. The number of aliphatic carboxylic acids is 1. The monoisotopic (exact) mass is 270 g/mol. The third kappa shape index (κ3) is 3.60. The Morgan fingerprint density at radius 3 is 2.05 bits per heavy atom. The Hall–Kier alpha value is -2.29. The summed E-state index contributed by atoms with van der Waals surface area (Å²) in [5.41, 5.74) is 3.50. The molecule has 0 saturated carbocycles. The van der Waals surface area contributed by atoms with Crippen LogP contribution in [0.2, 0.25) is 0 Å². The lowest BCUT2D eigenvalue weighted by atomic mass is 10.0. The molecule has 0 amide bonds. The van der Waals surface area contributed by atoms with Crippen molar-refractivity contribution in [3.05, 3.63) is 54.1 Å². The van der Waals surface area contributed by atoms with Crippen LogP contribution < -0.4 is 4.74 Å². The fourth-order valence-electron chi connectivity index (χ4n) is 1.78. The van der Waals surface area contributed by atoms with Crippen LogP contribution in [0, 0.1) is 12.8 Å². The molecule has 0 aromatic heterocycles. The molecule has 1 N–H and O–H groups in total. The molecule has 2 aromatic carbocycles. The van der Waals surface area contributed by atoms with Gasteiger partial charge in [-0.1, -0.05) is 42.0 Å². The number of ether oxygens (including phenoxy) is 1. The quantitative estimate of drug-likeness (QED) is 0.899. The van der Waals surface area contributed by atoms with Crippen molar-refractivity contribution in [3.8, 4) is 16.9 Å². The lowest BCUT2D eigenvalue weighted by Crippen LogP contribution is -2.17. The zero-order valence-electron chi connectivity index (χ0n) is 11.7. The van der Waals surface area contributed by atoms with Crippen LogP contribution in [0.5, 0.6) is 5.75 Å². The van der Waals surface area contributed by atoms with Gasteiger partial charge in [0, 0.05) is 0 Å². The summed E-state index contributed by atoms with van der Waals surface area (Å²) in [7, 11) is 0. The third-order valence-corrected chi connectivity index (χ3v) is 3.16. The molecule has 20 heavy (non-hydrogen) atoms. The highest BCUT2D eigenvalue weighted by molar-refractivity contribution is 5.69. The van der Waals surface area contributed by atoms with E-state index in [1.807, 2.05) is 24.3 Å². The van der Waals surface area contributed by atoms with Gasteiger partial charge in [-0.05, 0) is 37.1 Å². The molecule has 104 valence electrons. The maximum absolute atomic E-state index is 10.7. The molecule has 0 heterocycles. The summed E-state index contributed by atoms with van der Waals surface area (Å²) in [6.07, 6.45) is 0. The summed E-state index contributed by atoms with van der Waals surface area (Å²) in [5, 5.41) is 8.80. The first-order chi connectivity index (χ1) is 9.56. The van der Waals surface area contributed by atoms with Gasteiger partial charge in [0.25, 0.3) is 0 Å². The number of hydrogen-bond donors (Lipinski definition) is 1. The van der Waals surface area contributed by atoms with E-state index in [1.165, 1.54) is 5.56 Å². The number of rotatable bonds is 5. The van der Waals surface area contributed by atoms with Crippen molar-refractivity contribution in [1.29, 1.82) is 0 Å². The minimum Gasteiger partial charge on any atom is -0.493 e. The number of carboxylic acids is 1. The van der Waals surface area contributed by atoms with Crippen LogP contribution in [0.4, 0.5) is 0 Å². The summed E-state index contributed by atoms with van der Waals surface area (Å²) in [5.74, 6) is -0.665. The van der Waals surface area contributed by atoms with Gasteiger partial charge in [0.05, 0.1) is 5.92 Å². The smallest absolute Gasteiger partial charge is 0.309 e.